The van der Waals surface area contributed by atoms with Crippen LogP contribution in [0, 0.1) is 10.8 Å². The van der Waals surface area contributed by atoms with E-state index in [1.807, 2.05) is 78.9 Å². The van der Waals surface area contributed by atoms with Gasteiger partial charge in [-0.1, -0.05) is 121 Å². The Morgan fingerprint density at radius 2 is 1.05 bits per heavy atom. The average Bonchev–Trinajstić information content (AvgIpc) is 3.30. The molecule has 5 aromatic carbocycles. The molecule has 5 nitrogen and oxygen atoms in total. The number of hydrogen-bond acceptors (Lipinski definition) is 6. The largest absolute Gasteiger partial charge is 0.299 e. The van der Waals surface area contributed by atoms with Gasteiger partial charge in [-0.2, -0.15) is 8.78 Å². The minimum atomic E-state index is -3.21. The molecule has 212 valence electrons. The number of nitrogens with one attached hydrogen (secondary N) is 2. The van der Waals surface area contributed by atoms with Gasteiger partial charge in [0.15, 0.2) is 11.6 Å². The normalized spacial score (nSPS) is 12.8. The Morgan fingerprint density at radius 1 is 0.545 bits per heavy atom. The summed E-state index contributed by atoms with van der Waals surface area (Å²) in [4.78, 5) is 13.1. The first-order chi connectivity index (χ1) is 21.4. The molecule has 1 heterocycles. The number of halogens is 2. The van der Waals surface area contributed by atoms with E-state index in [0.29, 0.717) is 39.5 Å². The number of thioether (sulfide) groups is 1. The maximum absolute atomic E-state index is 16.0. The second kappa shape index (κ2) is 11.1. The lowest BCUT2D eigenvalue weighted by molar-refractivity contribution is 0.0481. The molecule has 0 amide bonds. The maximum atomic E-state index is 16.0. The molecule has 2 N–H and O–H groups in total. The summed E-state index contributed by atoms with van der Waals surface area (Å²) in [7, 11) is 0. The number of aromatic nitrogens is 3. The quantitative estimate of drug-likeness (QED) is 0.154. The lowest BCUT2D eigenvalue weighted by Crippen LogP contribution is -2.11. The highest BCUT2D eigenvalue weighted by Crippen LogP contribution is 2.52. The highest BCUT2D eigenvalue weighted by atomic mass is 32.2. The third-order valence-electron chi connectivity index (χ3n) is 7.59. The van der Waals surface area contributed by atoms with Gasteiger partial charge >= 0.3 is 0 Å². The van der Waals surface area contributed by atoms with Gasteiger partial charge in [0.05, 0.1) is 0 Å². The molecule has 1 aromatic heterocycles. The van der Waals surface area contributed by atoms with Crippen LogP contribution in [0.3, 0.4) is 0 Å². The molecule has 0 spiro atoms. The zero-order chi connectivity index (χ0) is 30.3. The molecule has 1 aliphatic carbocycles. The molecule has 0 saturated carbocycles. The number of fused-ring (bicyclic) bond motifs is 3. The van der Waals surface area contributed by atoms with E-state index in [2.05, 4.69) is 15.0 Å². The second-order valence-electron chi connectivity index (χ2n) is 10.3. The number of nitrogens with zero attached hydrogens (tertiary/aromatic N) is 3. The van der Waals surface area contributed by atoms with Crippen LogP contribution < -0.4 is 0 Å². The summed E-state index contributed by atoms with van der Waals surface area (Å²) in [5.41, 5.74) is 4.98. The van der Waals surface area contributed by atoms with Crippen molar-refractivity contribution in [3.05, 3.63) is 150 Å². The van der Waals surface area contributed by atoms with Gasteiger partial charge in [0, 0.05) is 33.4 Å². The highest BCUT2D eigenvalue weighted by molar-refractivity contribution is 8.27. The van der Waals surface area contributed by atoms with Crippen LogP contribution in [0.5, 0.6) is 0 Å². The lowest BCUT2D eigenvalue weighted by atomic mass is 9.98. The minimum absolute atomic E-state index is 0.0496. The van der Waals surface area contributed by atoms with Crippen molar-refractivity contribution in [2.45, 2.75) is 5.92 Å². The first-order valence-corrected chi connectivity index (χ1v) is 14.6. The fourth-order valence-corrected chi connectivity index (χ4v) is 6.04. The molecule has 0 bridgehead atoms. The standard InChI is InChI=1S/C36H23F2N5S/c37-36(38)30-19-26(22-11-13-24(14-12-22)33(40)44-32(39)23-7-3-1-4-8-23)15-17-28(30)29-18-16-27(20-31(29)36)35-42-21-41-34(43-35)25-9-5-2-6-10-25/h1-21,39-40H. The second-order valence-corrected chi connectivity index (χ2v) is 11.3. The van der Waals surface area contributed by atoms with E-state index in [-0.39, 0.29) is 21.2 Å². The molecule has 0 radical (unpaired) electrons. The summed E-state index contributed by atoms with van der Waals surface area (Å²) in [6, 6.07) is 36.0. The monoisotopic (exact) mass is 595 g/mol. The SMILES string of the molecule is N=C(SC(=N)c1ccc(-c2ccc3c(c2)C(F)(F)c2cc(-c4ncnc(-c5ccccc5)n4)ccc2-3)cc1)c1ccccc1. The van der Waals surface area contributed by atoms with Crippen LogP contribution in [0.15, 0.2) is 128 Å². The van der Waals surface area contributed by atoms with Crippen LogP contribution in [-0.2, 0) is 5.92 Å². The van der Waals surface area contributed by atoms with Crippen molar-refractivity contribution in [2.75, 3.05) is 0 Å². The van der Waals surface area contributed by atoms with Gasteiger partial charge in [-0.15, -0.1) is 0 Å². The van der Waals surface area contributed by atoms with Gasteiger partial charge in [-0.3, -0.25) is 10.8 Å². The third-order valence-corrected chi connectivity index (χ3v) is 8.47. The van der Waals surface area contributed by atoms with Crippen molar-refractivity contribution in [3.63, 3.8) is 0 Å². The average molecular weight is 596 g/mol. The van der Waals surface area contributed by atoms with Crippen LogP contribution in [-0.4, -0.2) is 25.0 Å². The number of alkyl halides is 2. The van der Waals surface area contributed by atoms with E-state index in [0.717, 1.165) is 28.5 Å². The molecule has 44 heavy (non-hydrogen) atoms. The number of rotatable bonds is 5. The summed E-state index contributed by atoms with van der Waals surface area (Å²) >= 11 is 1.07. The molecular formula is C36H23F2N5S. The summed E-state index contributed by atoms with van der Waals surface area (Å²) in [5, 5.41) is 17.3. The van der Waals surface area contributed by atoms with Crippen molar-refractivity contribution in [1.29, 1.82) is 10.8 Å². The Balaban J connectivity index is 1.14. The lowest BCUT2D eigenvalue weighted by Gasteiger charge is -2.14. The third kappa shape index (κ3) is 4.99. The van der Waals surface area contributed by atoms with Crippen molar-refractivity contribution in [3.8, 4) is 45.0 Å². The molecule has 0 aliphatic heterocycles. The zero-order valence-corrected chi connectivity index (χ0v) is 23.9. The van der Waals surface area contributed by atoms with Crippen molar-refractivity contribution >= 4 is 21.8 Å². The fourth-order valence-electron chi connectivity index (χ4n) is 5.33. The first kappa shape index (κ1) is 27.5. The smallest absolute Gasteiger partial charge is 0.293 e. The van der Waals surface area contributed by atoms with E-state index in [4.69, 9.17) is 10.8 Å². The topological polar surface area (TPSA) is 86.4 Å². The van der Waals surface area contributed by atoms with Crippen LogP contribution >= 0.6 is 11.8 Å². The Morgan fingerprint density at radius 3 is 1.68 bits per heavy atom. The van der Waals surface area contributed by atoms with Crippen LogP contribution in [0.4, 0.5) is 8.78 Å². The first-order valence-electron chi connectivity index (χ1n) is 13.8. The van der Waals surface area contributed by atoms with E-state index in [1.54, 1.807) is 36.4 Å². The van der Waals surface area contributed by atoms with E-state index >= 15 is 8.78 Å². The van der Waals surface area contributed by atoms with E-state index in [1.165, 1.54) is 12.4 Å². The van der Waals surface area contributed by atoms with E-state index < -0.39 is 5.92 Å². The predicted octanol–water partition coefficient (Wildman–Crippen LogP) is 9.08. The van der Waals surface area contributed by atoms with Gasteiger partial charge < -0.3 is 0 Å². The number of benzene rings is 5. The zero-order valence-electron chi connectivity index (χ0n) is 23.1. The predicted molar refractivity (Wildman–Crippen MR) is 172 cm³/mol. The molecule has 1 aliphatic rings. The minimum Gasteiger partial charge on any atom is -0.293 e. The van der Waals surface area contributed by atoms with Gasteiger partial charge in [-0.25, -0.2) is 15.0 Å². The molecule has 0 fully saturated rings. The van der Waals surface area contributed by atoms with Crippen molar-refractivity contribution in [2.24, 2.45) is 0 Å². The van der Waals surface area contributed by atoms with Crippen LogP contribution in [0.2, 0.25) is 0 Å². The van der Waals surface area contributed by atoms with E-state index in [9.17, 15) is 0 Å². The molecular weight excluding hydrogens is 572 g/mol. The summed E-state index contributed by atoms with van der Waals surface area (Å²) in [5.74, 6) is -2.40. The Kier molecular flexibility index (Phi) is 6.91. The molecule has 0 saturated heterocycles. The summed E-state index contributed by atoms with van der Waals surface area (Å²) in [6.07, 6.45) is 1.40. The maximum Gasteiger partial charge on any atom is 0.299 e. The Labute approximate surface area is 256 Å². The van der Waals surface area contributed by atoms with Crippen molar-refractivity contribution < 1.29 is 8.78 Å². The highest BCUT2D eigenvalue weighted by Gasteiger charge is 2.44. The van der Waals surface area contributed by atoms with Gasteiger partial charge in [0.25, 0.3) is 5.92 Å². The fraction of sp³-hybridized carbons (Fsp3) is 0.0278. The van der Waals surface area contributed by atoms with Crippen molar-refractivity contribution in [1.82, 2.24) is 15.0 Å². The summed E-state index contributed by atoms with van der Waals surface area (Å²) < 4.78 is 32.0. The van der Waals surface area contributed by atoms with Gasteiger partial charge in [0.2, 0.25) is 0 Å². The number of hydrogen-bond donors (Lipinski definition) is 2. The molecule has 0 unspecified atom stereocenters. The molecule has 7 rings (SSSR count). The molecule has 0 atom stereocenters. The molecule has 8 heteroatoms. The van der Waals surface area contributed by atoms with Gasteiger partial charge in [0.1, 0.15) is 16.4 Å². The molecule has 6 aromatic rings. The summed E-state index contributed by atoms with van der Waals surface area (Å²) in [6.45, 7) is 0. The Bertz CT molecular complexity index is 2050. The van der Waals surface area contributed by atoms with Crippen LogP contribution in [0.1, 0.15) is 22.3 Å². The van der Waals surface area contributed by atoms with Gasteiger partial charge in [-0.05, 0) is 34.4 Å². The van der Waals surface area contributed by atoms with Crippen LogP contribution in [0.25, 0.3) is 45.0 Å². The Hall–Kier alpha value is -5.34.